The SMILES string of the molecule is Cc1cccc2c3ccccc3n(-c3cccc(-[n+]4c(C)n(-c5ccccc5)c5ccccc54)[n+]3C)c12. The van der Waals surface area contributed by atoms with Crippen LogP contribution >= 0.6 is 0 Å². The van der Waals surface area contributed by atoms with Crippen molar-refractivity contribution in [3.63, 3.8) is 0 Å². The Morgan fingerprint density at radius 2 is 1.24 bits per heavy atom. The van der Waals surface area contributed by atoms with Crippen LogP contribution in [0.4, 0.5) is 0 Å². The lowest BCUT2D eigenvalue weighted by molar-refractivity contribution is -0.767. The summed E-state index contributed by atoms with van der Waals surface area (Å²) in [7, 11) is 2.17. The lowest BCUT2D eigenvalue weighted by atomic mass is 10.1. The average Bonchev–Trinajstić information content (AvgIpc) is 3.42. The minimum Gasteiger partial charge on any atom is -0.270 e. The molecule has 0 aliphatic carbocycles. The van der Waals surface area contributed by atoms with Crippen LogP contribution in [0.3, 0.4) is 0 Å². The lowest BCUT2D eigenvalue weighted by Crippen LogP contribution is -2.50. The number of aryl methyl sites for hydroxylation is 1. The van der Waals surface area contributed by atoms with E-state index in [-0.39, 0.29) is 0 Å². The first-order valence-corrected chi connectivity index (χ1v) is 12.7. The Kier molecular flexibility index (Phi) is 4.76. The zero-order valence-electron chi connectivity index (χ0n) is 21.3. The zero-order chi connectivity index (χ0) is 25.1. The van der Waals surface area contributed by atoms with Gasteiger partial charge in [0.15, 0.2) is 5.69 Å². The lowest BCUT2D eigenvalue weighted by Gasteiger charge is -2.10. The number of fused-ring (bicyclic) bond motifs is 4. The van der Waals surface area contributed by atoms with E-state index < -0.39 is 0 Å². The molecule has 4 heteroatoms. The van der Waals surface area contributed by atoms with Crippen LogP contribution in [0.5, 0.6) is 0 Å². The van der Waals surface area contributed by atoms with Crippen molar-refractivity contribution in [2.45, 2.75) is 13.8 Å². The summed E-state index contributed by atoms with van der Waals surface area (Å²) in [5, 5.41) is 2.56. The van der Waals surface area contributed by atoms with Crippen molar-refractivity contribution >= 4 is 32.8 Å². The van der Waals surface area contributed by atoms with E-state index in [1.54, 1.807) is 0 Å². The van der Waals surface area contributed by atoms with Crippen molar-refractivity contribution < 1.29 is 9.13 Å². The second-order valence-corrected chi connectivity index (χ2v) is 9.67. The van der Waals surface area contributed by atoms with Gasteiger partial charge in [0.25, 0.3) is 0 Å². The molecule has 0 spiro atoms. The van der Waals surface area contributed by atoms with Gasteiger partial charge < -0.3 is 0 Å². The number of imidazole rings is 1. The molecule has 0 bridgehead atoms. The van der Waals surface area contributed by atoms with Crippen LogP contribution in [0.15, 0.2) is 115 Å². The van der Waals surface area contributed by atoms with Crippen LogP contribution in [-0.4, -0.2) is 9.13 Å². The Morgan fingerprint density at radius 3 is 2.08 bits per heavy atom. The van der Waals surface area contributed by atoms with Crippen molar-refractivity contribution in [3.8, 4) is 17.3 Å². The minimum atomic E-state index is 1.11. The van der Waals surface area contributed by atoms with Crippen LogP contribution in [0, 0.1) is 13.8 Å². The Bertz CT molecular complexity index is 1960. The molecule has 3 heterocycles. The molecule has 0 aliphatic rings. The fourth-order valence-corrected chi connectivity index (χ4v) is 5.92. The standard InChI is InChI=1S/C33H28N4/c1-23-13-11-17-27-26-16-7-8-18-28(26)37(33(23)27)32-22-12-21-31(34(32)3)36-24(2)35(25-14-5-4-6-15-25)29-19-9-10-20-30(29)36/h4-22H,1-3H3/q+2. The highest BCUT2D eigenvalue weighted by molar-refractivity contribution is 6.10. The van der Waals surface area contributed by atoms with Crippen LogP contribution in [-0.2, 0) is 7.05 Å². The summed E-state index contributed by atoms with van der Waals surface area (Å²) >= 11 is 0. The van der Waals surface area contributed by atoms with Gasteiger partial charge in [0.05, 0.1) is 18.0 Å². The zero-order valence-corrected chi connectivity index (χ0v) is 21.3. The van der Waals surface area contributed by atoms with E-state index in [9.17, 15) is 0 Å². The summed E-state index contributed by atoms with van der Waals surface area (Å²) in [4.78, 5) is 0. The van der Waals surface area contributed by atoms with Gasteiger partial charge in [0.2, 0.25) is 16.9 Å². The van der Waals surface area contributed by atoms with Crippen molar-refractivity contribution in [2.24, 2.45) is 7.05 Å². The highest BCUT2D eigenvalue weighted by Gasteiger charge is 2.32. The molecule has 7 aromatic rings. The van der Waals surface area contributed by atoms with Gasteiger partial charge >= 0.3 is 11.6 Å². The Balaban J connectivity index is 1.56. The van der Waals surface area contributed by atoms with Gasteiger partial charge in [-0.05, 0) is 48.9 Å². The molecule has 0 saturated heterocycles. The largest absolute Gasteiger partial charge is 0.346 e. The molecule has 4 aromatic carbocycles. The van der Waals surface area contributed by atoms with Gasteiger partial charge in [-0.3, -0.25) is 4.57 Å². The average molecular weight is 481 g/mol. The minimum absolute atomic E-state index is 1.11. The van der Waals surface area contributed by atoms with E-state index in [1.807, 2.05) is 0 Å². The van der Waals surface area contributed by atoms with Gasteiger partial charge in [-0.25, -0.2) is 0 Å². The number of para-hydroxylation sites is 5. The highest BCUT2D eigenvalue weighted by atomic mass is 15.3. The molecule has 0 N–H and O–H groups in total. The number of nitrogens with zero attached hydrogens (tertiary/aromatic N) is 4. The molecule has 0 unspecified atom stereocenters. The maximum atomic E-state index is 2.41. The first-order valence-electron chi connectivity index (χ1n) is 12.7. The summed E-state index contributed by atoms with van der Waals surface area (Å²) in [5.41, 5.74) is 7.26. The molecule has 0 aliphatic heterocycles. The Labute approximate surface area is 215 Å². The van der Waals surface area contributed by atoms with E-state index in [4.69, 9.17) is 0 Å². The molecule has 178 valence electrons. The highest BCUT2D eigenvalue weighted by Crippen LogP contribution is 2.33. The van der Waals surface area contributed by atoms with E-state index in [1.165, 1.54) is 38.4 Å². The summed E-state index contributed by atoms with van der Waals surface area (Å²) < 4.78 is 9.43. The molecule has 0 saturated carbocycles. The molecular weight excluding hydrogens is 452 g/mol. The van der Waals surface area contributed by atoms with Crippen LogP contribution in [0.1, 0.15) is 11.4 Å². The van der Waals surface area contributed by atoms with Gasteiger partial charge in [-0.1, -0.05) is 66.7 Å². The van der Waals surface area contributed by atoms with Gasteiger partial charge in [0.1, 0.15) is 7.05 Å². The molecule has 37 heavy (non-hydrogen) atoms. The maximum absolute atomic E-state index is 2.41. The second kappa shape index (κ2) is 8.17. The second-order valence-electron chi connectivity index (χ2n) is 9.67. The van der Waals surface area contributed by atoms with Crippen molar-refractivity contribution in [1.82, 2.24) is 9.13 Å². The number of pyridine rings is 1. The predicted molar refractivity (Wildman–Crippen MR) is 150 cm³/mol. The van der Waals surface area contributed by atoms with Crippen LogP contribution < -0.4 is 9.13 Å². The Hall–Kier alpha value is -4.70. The molecule has 3 aromatic heterocycles. The summed E-state index contributed by atoms with van der Waals surface area (Å²) in [6, 6.07) is 41.1. The third-order valence-electron chi connectivity index (χ3n) is 7.56. The molecular formula is C33H28N4+2. The van der Waals surface area contributed by atoms with E-state index in [2.05, 4.69) is 154 Å². The van der Waals surface area contributed by atoms with Crippen molar-refractivity contribution in [2.75, 3.05) is 0 Å². The summed E-state index contributed by atoms with van der Waals surface area (Å²) in [6.07, 6.45) is 0. The molecule has 0 atom stereocenters. The number of hydrogen-bond acceptors (Lipinski definition) is 0. The molecule has 7 rings (SSSR count). The quantitative estimate of drug-likeness (QED) is 0.259. The van der Waals surface area contributed by atoms with Crippen molar-refractivity contribution in [3.05, 3.63) is 127 Å². The van der Waals surface area contributed by atoms with Gasteiger partial charge in [-0.15, -0.1) is 4.57 Å². The number of aromatic nitrogens is 4. The van der Waals surface area contributed by atoms with Crippen molar-refractivity contribution in [1.29, 1.82) is 0 Å². The monoisotopic (exact) mass is 480 g/mol. The first-order chi connectivity index (χ1) is 18.1. The van der Waals surface area contributed by atoms with E-state index in [0.29, 0.717) is 0 Å². The van der Waals surface area contributed by atoms with E-state index in [0.717, 1.165) is 23.1 Å². The fraction of sp³-hybridized carbons (Fsp3) is 0.0909. The third kappa shape index (κ3) is 3.09. The molecule has 0 amide bonds. The molecule has 0 radical (unpaired) electrons. The molecule has 4 nitrogen and oxygen atoms in total. The predicted octanol–water partition coefficient (Wildman–Crippen LogP) is 6.45. The smallest absolute Gasteiger partial charge is 0.270 e. The maximum Gasteiger partial charge on any atom is 0.346 e. The van der Waals surface area contributed by atoms with Crippen LogP contribution in [0.25, 0.3) is 50.2 Å². The number of benzene rings is 4. The topological polar surface area (TPSA) is 17.6 Å². The normalized spacial score (nSPS) is 11.6. The number of hydrogen-bond donors (Lipinski definition) is 0. The third-order valence-corrected chi connectivity index (χ3v) is 7.56. The van der Waals surface area contributed by atoms with Gasteiger partial charge in [-0.2, -0.15) is 9.13 Å². The van der Waals surface area contributed by atoms with Crippen LogP contribution in [0.2, 0.25) is 0 Å². The van der Waals surface area contributed by atoms with E-state index >= 15 is 0 Å². The Morgan fingerprint density at radius 1 is 0.568 bits per heavy atom. The van der Waals surface area contributed by atoms with Gasteiger partial charge in [0, 0.05) is 22.9 Å². The fourth-order valence-electron chi connectivity index (χ4n) is 5.92. The number of rotatable bonds is 3. The summed E-state index contributed by atoms with van der Waals surface area (Å²) in [5.74, 6) is 3.39. The summed E-state index contributed by atoms with van der Waals surface area (Å²) in [6.45, 7) is 4.40. The first kappa shape index (κ1) is 21.6. The molecule has 0 fully saturated rings.